The van der Waals surface area contributed by atoms with E-state index in [4.69, 9.17) is 5.73 Å². The quantitative estimate of drug-likeness (QED) is 0.625. The van der Waals surface area contributed by atoms with Crippen molar-refractivity contribution >= 4 is 21.5 Å². The summed E-state index contributed by atoms with van der Waals surface area (Å²) in [6.07, 6.45) is 0. The molecule has 1 unspecified atom stereocenters. The van der Waals surface area contributed by atoms with Gasteiger partial charge in [-0.15, -0.1) is 0 Å². The molecule has 1 heteroatoms. The molecular weight excluding hydrogens is 230 g/mol. The highest BCUT2D eigenvalue weighted by atomic mass is 14.6. The molecule has 0 aliphatic heterocycles. The fourth-order valence-corrected chi connectivity index (χ4v) is 2.95. The summed E-state index contributed by atoms with van der Waals surface area (Å²) in [5.41, 5.74) is 10.1. The lowest BCUT2D eigenvalue weighted by Gasteiger charge is -2.17. The van der Waals surface area contributed by atoms with Crippen molar-refractivity contribution in [1.82, 2.24) is 0 Å². The summed E-state index contributed by atoms with van der Waals surface area (Å²) in [5, 5.41) is 5.14. The Morgan fingerprint density at radius 1 is 0.895 bits per heavy atom. The molecule has 0 aromatic heterocycles. The van der Waals surface area contributed by atoms with Gasteiger partial charge < -0.3 is 5.73 Å². The molecule has 0 aliphatic rings. The average Bonchev–Trinajstić information content (AvgIpc) is 2.37. The molecule has 3 rings (SSSR count). The van der Waals surface area contributed by atoms with Gasteiger partial charge in [0.15, 0.2) is 0 Å². The highest BCUT2D eigenvalue weighted by Crippen LogP contribution is 2.32. The molecule has 1 nitrogen and oxygen atoms in total. The van der Waals surface area contributed by atoms with Crippen LogP contribution in [0.1, 0.15) is 29.7 Å². The first-order valence-corrected chi connectivity index (χ1v) is 6.76. The number of rotatable bonds is 1. The van der Waals surface area contributed by atoms with E-state index in [-0.39, 0.29) is 6.04 Å². The zero-order chi connectivity index (χ0) is 13.6. The van der Waals surface area contributed by atoms with E-state index in [9.17, 15) is 0 Å². The second-order valence-corrected chi connectivity index (χ2v) is 5.44. The second kappa shape index (κ2) is 4.36. The molecular formula is C18H19N. The average molecular weight is 249 g/mol. The van der Waals surface area contributed by atoms with Gasteiger partial charge in [0.25, 0.3) is 0 Å². The van der Waals surface area contributed by atoms with E-state index in [0.29, 0.717) is 0 Å². The van der Waals surface area contributed by atoms with Crippen molar-refractivity contribution in [3.05, 3.63) is 59.2 Å². The number of hydrogen-bond donors (Lipinski definition) is 1. The lowest BCUT2D eigenvalue weighted by atomic mass is 9.90. The summed E-state index contributed by atoms with van der Waals surface area (Å²) in [6.45, 7) is 6.40. The van der Waals surface area contributed by atoms with Crippen LogP contribution in [0.4, 0.5) is 0 Å². The molecule has 0 heterocycles. The molecule has 0 saturated carbocycles. The lowest BCUT2D eigenvalue weighted by Crippen LogP contribution is -2.08. The van der Waals surface area contributed by atoms with E-state index in [0.717, 1.165) is 0 Å². The molecule has 0 radical (unpaired) electrons. The minimum atomic E-state index is 0.0589. The topological polar surface area (TPSA) is 26.0 Å². The molecule has 96 valence electrons. The summed E-state index contributed by atoms with van der Waals surface area (Å²) < 4.78 is 0. The van der Waals surface area contributed by atoms with Crippen LogP contribution in [0.3, 0.4) is 0 Å². The Labute approximate surface area is 114 Å². The van der Waals surface area contributed by atoms with Crippen molar-refractivity contribution in [2.75, 3.05) is 0 Å². The van der Waals surface area contributed by atoms with Crippen molar-refractivity contribution in [2.24, 2.45) is 5.73 Å². The first-order chi connectivity index (χ1) is 9.08. The van der Waals surface area contributed by atoms with Crippen molar-refractivity contribution < 1.29 is 0 Å². The summed E-state index contributed by atoms with van der Waals surface area (Å²) >= 11 is 0. The molecule has 0 fully saturated rings. The molecule has 3 aromatic carbocycles. The normalized spacial score (nSPS) is 13.1. The van der Waals surface area contributed by atoms with Crippen molar-refractivity contribution in [3.8, 4) is 0 Å². The van der Waals surface area contributed by atoms with Crippen molar-refractivity contribution in [1.29, 1.82) is 0 Å². The summed E-state index contributed by atoms with van der Waals surface area (Å²) in [6, 6.07) is 15.4. The van der Waals surface area contributed by atoms with Crippen molar-refractivity contribution in [2.45, 2.75) is 26.8 Å². The molecule has 0 bridgehead atoms. The minimum absolute atomic E-state index is 0.0589. The Balaban J connectivity index is 2.50. The van der Waals surface area contributed by atoms with E-state index in [1.165, 1.54) is 38.2 Å². The third-order valence-electron chi connectivity index (χ3n) is 4.03. The van der Waals surface area contributed by atoms with Crippen LogP contribution >= 0.6 is 0 Å². The standard InChI is InChI=1S/C18H19N/c1-11-8-16-9-14-6-4-5-7-15(14)10-17(16)18(12(11)2)13(3)19/h4-10,13H,19H2,1-3H3. The SMILES string of the molecule is Cc1cc2cc3ccccc3cc2c(C(C)N)c1C. The first kappa shape index (κ1) is 12.2. The fourth-order valence-electron chi connectivity index (χ4n) is 2.95. The van der Waals surface area contributed by atoms with Crippen LogP contribution in [0.25, 0.3) is 21.5 Å². The Kier molecular flexibility index (Phi) is 2.79. The van der Waals surface area contributed by atoms with E-state index in [1.807, 2.05) is 0 Å². The largest absolute Gasteiger partial charge is 0.324 e. The third-order valence-corrected chi connectivity index (χ3v) is 4.03. The van der Waals surface area contributed by atoms with Crippen LogP contribution in [-0.4, -0.2) is 0 Å². The first-order valence-electron chi connectivity index (χ1n) is 6.76. The van der Waals surface area contributed by atoms with E-state index in [1.54, 1.807) is 0 Å². The highest BCUT2D eigenvalue weighted by Gasteiger charge is 2.12. The van der Waals surface area contributed by atoms with E-state index < -0.39 is 0 Å². The molecule has 2 N–H and O–H groups in total. The molecule has 0 amide bonds. The lowest BCUT2D eigenvalue weighted by molar-refractivity contribution is 0.817. The predicted octanol–water partition coefficient (Wildman–Crippen LogP) is 4.63. The van der Waals surface area contributed by atoms with Gasteiger partial charge in [0, 0.05) is 6.04 Å². The minimum Gasteiger partial charge on any atom is -0.324 e. The number of fused-ring (bicyclic) bond motifs is 2. The maximum Gasteiger partial charge on any atom is 0.0275 e. The van der Waals surface area contributed by atoms with Crippen LogP contribution < -0.4 is 5.73 Å². The number of benzene rings is 3. The monoisotopic (exact) mass is 249 g/mol. The summed E-state index contributed by atoms with van der Waals surface area (Å²) in [5.74, 6) is 0. The molecule has 1 atom stereocenters. The fraction of sp³-hybridized carbons (Fsp3) is 0.222. The van der Waals surface area contributed by atoms with Gasteiger partial charge in [-0.25, -0.2) is 0 Å². The number of hydrogen-bond acceptors (Lipinski definition) is 1. The van der Waals surface area contributed by atoms with Crippen LogP contribution in [0, 0.1) is 13.8 Å². The van der Waals surface area contributed by atoms with Gasteiger partial charge in [-0.05, 0) is 71.1 Å². The van der Waals surface area contributed by atoms with Crippen LogP contribution in [0.5, 0.6) is 0 Å². The Morgan fingerprint density at radius 3 is 2.16 bits per heavy atom. The predicted molar refractivity (Wildman–Crippen MR) is 83.5 cm³/mol. The maximum atomic E-state index is 6.19. The maximum absolute atomic E-state index is 6.19. The van der Waals surface area contributed by atoms with Crippen molar-refractivity contribution in [3.63, 3.8) is 0 Å². The smallest absolute Gasteiger partial charge is 0.0275 e. The molecule has 0 spiro atoms. The van der Waals surface area contributed by atoms with E-state index in [2.05, 4.69) is 63.2 Å². The summed E-state index contributed by atoms with van der Waals surface area (Å²) in [4.78, 5) is 0. The zero-order valence-corrected chi connectivity index (χ0v) is 11.7. The van der Waals surface area contributed by atoms with Crippen LogP contribution in [-0.2, 0) is 0 Å². The van der Waals surface area contributed by atoms with Gasteiger partial charge >= 0.3 is 0 Å². The third kappa shape index (κ3) is 1.91. The van der Waals surface area contributed by atoms with Crippen LogP contribution in [0.15, 0.2) is 42.5 Å². The Bertz CT molecular complexity index is 769. The van der Waals surface area contributed by atoms with E-state index >= 15 is 0 Å². The highest BCUT2D eigenvalue weighted by molar-refractivity contribution is 6.00. The van der Waals surface area contributed by atoms with Gasteiger partial charge in [-0.2, -0.15) is 0 Å². The Morgan fingerprint density at radius 2 is 1.53 bits per heavy atom. The molecule has 3 aromatic rings. The Hall–Kier alpha value is -1.86. The molecule has 0 aliphatic carbocycles. The van der Waals surface area contributed by atoms with Gasteiger partial charge in [-0.1, -0.05) is 30.3 Å². The van der Waals surface area contributed by atoms with Gasteiger partial charge in [0.1, 0.15) is 0 Å². The van der Waals surface area contributed by atoms with Gasteiger partial charge in [0.05, 0.1) is 0 Å². The van der Waals surface area contributed by atoms with Gasteiger partial charge in [-0.3, -0.25) is 0 Å². The zero-order valence-electron chi connectivity index (χ0n) is 11.7. The van der Waals surface area contributed by atoms with Crippen LogP contribution in [0.2, 0.25) is 0 Å². The number of nitrogens with two attached hydrogens (primary N) is 1. The number of aryl methyl sites for hydroxylation is 1. The van der Waals surface area contributed by atoms with Gasteiger partial charge in [0.2, 0.25) is 0 Å². The second-order valence-electron chi connectivity index (χ2n) is 5.44. The molecule has 19 heavy (non-hydrogen) atoms. The molecule has 0 saturated heterocycles. The summed E-state index contributed by atoms with van der Waals surface area (Å²) in [7, 11) is 0.